The zero-order chi connectivity index (χ0) is 15.6. The lowest BCUT2D eigenvalue weighted by molar-refractivity contribution is 0.0970. The molecular weight excluding hydrogens is 328 g/mol. The zero-order valence-corrected chi connectivity index (χ0v) is 15.1. The number of aliphatic hydroxyl groups is 1. The van der Waals surface area contributed by atoms with Crippen molar-refractivity contribution in [2.24, 2.45) is 5.92 Å². The summed E-state index contributed by atoms with van der Waals surface area (Å²) in [5, 5.41) is 13.5. The molecule has 4 heteroatoms. The van der Waals surface area contributed by atoms with Gasteiger partial charge in [0.25, 0.3) is 0 Å². The number of hydrogen-bond donors (Lipinski definition) is 2. The van der Waals surface area contributed by atoms with Gasteiger partial charge in [0, 0.05) is 35.3 Å². The van der Waals surface area contributed by atoms with Gasteiger partial charge in [-0.05, 0) is 56.9 Å². The van der Waals surface area contributed by atoms with Gasteiger partial charge in [0.15, 0.2) is 0 Å². The summed E-state index contributed by atoms with van der Waals surface area (Å²) in [4.78, 5) is 2.41. The molecule has 1 aromatic rings. The Bertz CT molecular complexity index is 484. The highest BCUT2D eigenvalue weighted by molar-refractivity contribution is 9.10. The van der Waals surface area contributed by atoms with Crippen molar-refractivity contribution in [3.63, 3.8) is 0 Å². The minimum absolute atomic E-state index is 0.102. The first kappa shape index (κ1) is 16.8. The van der Waals surface area contributed by atoms with Crippen LogP contribution in [-0.2, 0) is 6.54 Å². The van der Waals surface area contributed by atoms with Crippen LogP contribution in [0, 0.1) is 5.92 Å². The van der Waals surface area contributed by atoms with Crippen LogP contribution in [0.5, 0.6) is 0 Å². The first-order chi connectivity index (χ1) is 9.76. The standard InChI is InChI=1S/C17H27BrN2O/c1-12-11-20(8-7-16(12)21)15-6-5-14(18)9-13(15)10-19-17(2,3)4/h5-6,9,12,16,19,21H,7-8,10-11H2,1-4H3. The molecule has 0 saturated carbocycles. The second-order valence-electron chi connectivity index (χ2n) is 7.16. The van der Waals surface area contributed by atoms with Gasteiger partial charge < -0.3 is 15.3 Å². The molecule has 0 radical (unpaired) electrons. The summed E-state index contributed by atoms with van der Waals surface area (Å²) in [6.07, 6.45) is 0.691. The third kappa shape index (κ3) is 4.70. The molecule has 1 aliphatic rings. The Labute approximate surface area is 136 Å². The maximum Gasteiger partial charge on any atom is 0.0599 e. The number of benzene rings is 1. The van der Waals surface area contributed by atoms with Gasteiger partial charge in [0.1, 0.15) is 0 Å². The van der Waals surface area contributed by atoms with Crippen molar-refractivity contribution in [3.8, 4) is 0 Å². The van der Waals surface area contributed by atoms with Crippen LogP contribution in [0.4, 0.5) is 5.69 Å². The molecule has 0 bridgehead atoms. The Morgan fingerprint density at radius 1 is 1.38 bits per heavy atom. The first-order valence-corrected chi connectivity index (χ1v) is 8.52. The van der Waals surface area contributed by atoms with E-state index in [0.29, 0.717) is 5.92 Å². The van der Waals surface area contributed by atoms with E-state index in [1.165, 1.54) is 11.3 Å². The molecule has 1 saturated heterocycles. The number of nitrogens with zero attached hydrogens (tertiary/aromatic N) is 1. The molecule has 0 spiro atoms. The zero-order valence-electron chi connectivity index (χ0n) is 13.5. The van der Waals surface area contributed by atoms with Gasteiger partial charge in [-0.15, -0.1) is 0 Å². The Kier molecular flexibility index (Phi) is 5.33. The number of hydrogen-bond acceptors (Lipinski definition) is 3. The van der Waals surface area contributed by atoms with E-state index in [1.807, 2.05) is 0 Å². The molecule has 118 valence electrons. The van der Waals surface area contributed by atoms with Gasteiger partial charge in [-0.2, -0.15) is 0 Å². The van der Waals surface area contributed by atoms with E-state index in [2.05, 4.69) is 72.0 Å². The molecule has 2 N–H and O–H groups in total. The molecule has 21 heavy (non-hydrogen) atoms. The van der Waals surface area contributed by atoms with Gasteiger partial charge in [-0.3, -0.25) is 0 Å². The Balaban J connectivity index is 2.18. The summed E-state index contributed by atoms with van der Waals surface area (Å²) >= 11 is 3.58. The number of aliphatic hydroxyl groups excluding tert-OH is 1. The average Bonchev–Trinajstić information content (AvgIpc) is 2.39. The minimum atomic E-state index is -0.159. The van der Waals surface area contributed by atoms with Crippen LogP contribution >= 0.6 is 15.9 Å². The SMILES string of the molecule is CC1CN(c2ccc(Br)cc2CNC(C)(C)C)CCC1O. The number of halogens is 1. The smallest absolute Gasteiger partial charge is 0.0599 e. The van der Waals surface area contributed by atoms with E-state index in [0.717, 1.165) is 30.5 Å². The van der Waals surface area contributed by atoms with Crippen LogP contribution in [0.3, 0.4) is 0 Å². The molecule has 3 nitrogen and oxygen atoms in total. The van der Waals surface area contributed by atoms with E-state index in [1.54, 1.807) is 0 Å². The Morgan fingerprint density at radius 3 is 2.71 bits per heavy atom. The van der Waals surface area contributed by atoms with E-state index in [9.17, 15) is 5.11 Å². The summed E-state index contributed by atoms with van der Waals surface area (Å²) < 4.78 is 1.11. The lowest BCUT2D eigenvalue weighted by atomic mass is 9.95. The molecule has 0 amide bonds. The van der Waals surface area contributed by atoms with Crippen LogP contribution in [0.15, 0.2) is 22.7 Å². The highest BCUT2D eigenvalue weighted by atomic mass is 79.9. The van der Waals surface area contributed by atoms with Crippen molar-refractivity contribution >= 4 is 21.6 Å². The Hall–Kier alpha value is -0.580. The summed E-state index contributed by atoms with van der Waals surface area (Å²) in [6.45, 7) is 11.4. The molecule has 1 heterocycles. The number of piperidine rings is 1. The molecular formula is C17H27BrN2O. The van der Waals surface area contributed by atoms with E-state index < -0.39 is 0 Å². The topological polar surface area (TPSA) is 35.5 Å². The maximum absolute atomic E-state index is 9.92. The molecule has 2 unspecified atom stereocenters. The lowest BCUT2D eigenvalue weighted by Crippen LogP contribution is -2.42. The highest BCUT2D eigenvalue weighted by Crippen LogP contribution is 2.29. The monoisotopic (exact) mass is 354 g/mol. The highest BCUT2D eigenvalue weighted by Gasteiger charge is 2.25. The lowest BCUT2D eigenvalue weighted by Gasteiger charge is -2.37. The third-order valence-electron chi connectivity index (χ3n) is 4.05. The molecule has 1 aliphatic heterocycles. The number of nitrogens with one attached hydrogen (secondary N) is 1. The fourth-order valence-electron chi connectivity index (χ4n) is 2.72. The predicted molar refractivity (Wildman–Crippen MR) is 92.7 cm³/mol. The van der Waals surface area contributed by atoms with Gasteiger partial charge in [-0.1, -0.05) is 22.9 Å². The number of rotatable bonds is 3. The van der Waals surface area contributed by atoms with E-state index in [4.69, 9.17) is 0 Å². The quantitative estimate of drug-likeness (QED) is 0.871. The largest absolute Gasteiger partial charge is 0.393 e. The van der Waals surface area contributed by atoms with Crippen LogP contribution in [-0.4, -0.2) is 29.8 Å². The fraction of sp³-hybridized carbons (Fsp3) is 0.647. The van der Waals surface area contributed by atoms with Crippen molar-refractivity contribution < 1.29 is 5.11 Å². The van der Waals surface area contributed by atoms with E-state index >= 15 is 0 Å². The summed E-state index contributed by atoms with van der Waals surface area (Å²) in [6, 6.07) is 6.49. The van der Waals surface area contributed by atoms with Gasteiger partial charge in [0.2, 0.25) is 0 Å². The van der Waals surface area contributed by atoms with Gasteiger partial charge in [0.05, 0.1) is 6.10 Å². The maximum atomic E-state index is 9.92. The minimum Gasteiger partial charge on any atom is -0.393 e. The van der Waals surface area contributed by atoms with Crippen molar-refractivity contribution in [2.45, 2.75) is 52.3 Å². The third-order valence-corrected chi connectivity index (χ3v) is 4.54. The molecule has 0 aromatic heterocycles. The normalized spacial score (nSPS) is 23.4. The van der Waals surface area contributed by atoms with Crippen molar-refractivity contribution in [1.29, 1.82) is 0 Å². The molecule has 1 aromatic carbocycles. The van der Waals surface area contributed by atoms with Crippen molar-refractivity contribution in [2.75, 3.05) is 18.0 Å². The molecule has 0 aliphatic carbocycles. The fourth-order valence-corrected chi connectivity index (χ4v) is 3.13. The van der Waals surface area contributed by atoms with Gasteiger partial charge in [-0.25, -0.2) is 0 Å². The van der Waals surface area contributed by atoms with Crippen molar-refractivity contribution in [1.82, 2.24) is 5.32 Å². The van der Waals surface area contributed by atoms with Crippen molar-refractivity contribution in [3.05, 3.63) is 28.2 Å². The average molecular weight is 355 g/mol. The summed E-state index contributed by atoms with van der Waals surface area (Å²) in [5.74, 6) is 0.325. The molecule has 1 fully saturated rings. The van der Waals surface area contributed by atoms with Crippen LogP contribution in [0.25, 0.3) is 0 Å². The molecule has 2 rings (SSSR count). The Morgan fingerprint density at radius 2 is 2.10 bits per heavy atom. The first-order valence-electron chi connectivity index (χ1n) is 7.73. The van der Waals surface area contributed by atoms with Crippen LogP contribution < -0.4 is 10.2 Å². The summed E-state index contributed by atoms with van der Waals surface area (Å²) in [5.41, 5.74) is 2.70. The number of anilines is 1. The van der Waals surface area contributed by atoms with Crippen LogP contribution in [0.1, 0.15) is 39.7 Å². The van der Waals surface area contributed by atoms with E-state index in [-0.39, 0.29) is 11.6 Å². The van der Waals surface area contributed by atoms with Crippen LogP contribution in [0.2, 0.25) is 0 Å². The second-order valence-corrected chi connectivity index (χ2v) is 8.07. The molecule has 2 atom stereocenters. The predicted octanol–water partition coefficient (Wildman–Crippen LogP) is 3.54. The second kappa shape index (κ2) is 6.67. The summed E-state index contributed by atoms with van der Waals surface area (Å²) in [7, 11) is 0. The van der Waals surface area contributed by atoms with Gasteiger partial charge >= 0.3 is 0 Å².